The number of rotatable bonds is 1. The van der Waals surface area contributed by atoms with Gasteiger partial charge in [-0.1, -0.05) is 0 Å². The Kier molecular flexibility index (Phi) is 3.03. The highest BCUT2D eigenvalue weighted by molar-refractivity contribution is 5.67. The highest BCUT2D eigenvalue weighted by Crippen LogP contribution is 2.46. The summed E-state index contributed by atoms with van der Waals surface area (Å²) in [7, 11) is 0. The summed E-state index contributed by atoms with van der Waals surface area (Å²) < 4.78 is 0. The number of hydrogen-bond donors (Lipinski definition) is 1. The molecule has 0 saturated carbocycles. The van der Waals surface area contributed by atoms with Crippen molar-refractivity contribution in [2.24, 2.45) is 0 Å². The molecule has 3 heterocycles. The molecule has 0 radical (unpaired) electrons. The molecule has 106 valence electrons. The predicted molar refractivity (Wildman–Crippen MR) is 72.2 cm³/mol. The van der Waals surface area contributed by atoms with E-state index < -0.39 is 11.5 Å². The fourth-order valence-electron chi connectivity index (χ4n) is 3.72. The van der Waals surface area contributed by atoms with Crippen LogP contribution in [-0.4, -0.2) is 33.2 Å². The molecule has 2 aliphatic heterocycles. The first-order chi connectivity index (χ1) is 10.1. The molecule has 1 N–H and O–H groups in total. The molecule has 0 aliphatic carbocycles. The van der Waals surface area contributed by atoms with Crippen molar-refractivity contribution >= 4 is 6.09 Å². The van der Waals surface area contributed by atoms with Crippen LogP contribution in [0.15, 0.2) is 18.5 Å². The number of nitriles is 2. The first kappa shape index (κ1) is 13.4. The highest BCUT2D eigenvalue weighted by atomic mass is 16.4. The zero-order valence-electron chi connectivity index (χ0n) is 11.4. The van der Waals surface area contributed by atoms with Gasteiger partial charge in [0.2, 0.25) is 0 Å². The van der Waals surface area contributed by atoms with E-state index in [0.717, 1.165) is 18.4 Å². The van der Waals surface area contributed by atoms with Crippen LogP contribution in [0.1, 0.15) is 36.8 Å². The Morgan fingerprint density at radius 3 is 2.52 bits per heavy atom. The monoisotopic (exact) mass is 282 g/mol. The van der Waals surface area contributed by atoms with E-state index in [-0.39, 0.29) is 12.1 Å². The van der Waals surface area contributed by atoms with Gasteiger partial charge in [0.1, 0.15) is 6.07 Å². The second-order valence-electron chi connectivity index (χ2n) is 5.75. The fraction of sp³-hybridized carbons (Fsp3) is 0.467. The normalized spacial score (nSPS) is 30.5. The Labute approximate surface area is 122 Å². The van der Waals surface area contributed by atoms with E-state index in [0.29, 0.717) is 18.4 Å². The van der Waals surface area contributed by atoms with Crippen LogP contribution in [0.5, 0.6) is 0 Å². The Morgan fingerprint density at radius 2 is 2.00 bits per heavy atom. The molecule has 2 atom stereocenters. The second-order valence-corrected chi connectivity index (χ2v) is 5.75. The number of pyridine rings is 1. The first-order valence-electron chi connectivity index (χ1n) is 6.88. The predicted octanol–water partition coefficient (Wildman–Crippen LogP) is 2.02. The van der Waals surface area contributed by atoms with Gasteiger partial charge in [-0.3, -0.25) is 4.98 Å². The number of carboxylic acid groups (broad SMARTS) is 1. The zero-order valence-corrected chi connectivity index (χ0v) is 11.4. The standard InChI is InChI=1S/C15H14N4O2/c16-6-10-3-11(8-18-7-10)15(9-17)4-12-1-2-13(5-15)19(12)14(20)21/h3,7-8,12-13H,1-2,4-5H2,(H,20,21). The summed E-state index contributed by atoms with van der Waals surface area (Å²) in [5.74, 6) is 0. The summed E-state index contributed by atoms with van der Waals surface area (Å²) in [6.45, 7) is 0. The third-order valence-electron chi connectivity index (χ3n) is 4.64. The third-order valence-corrected chi connectivity index (χ3v) is 4.64. The minimum atomic E-state index is -0.905. The van der Waals surface area contributed by atoms with E-state index in [9.17, 15) is 15.2 Å². The van der Waals surface area contributed by atoms with Gasteiger partial charge < -0.3 is 10.0 Å². The van der Waals surface area contributed by atoms with Gasteiger partial charge in [-0.2, -0.15) is 10.5 Å². The van der Waals surface area contributed by atoms with Crippen molar-refractivity contribution in [3.8, 4) is 12.1 Å². The smallest absolute Gasteiger partial charge is 0.407 e. The number of carbonyl (C=O) groups is 1. The van der Waals surface area contributed by atoms with Crippen LogP contribution in [0.3, 0.4) is 0 Å². The van der Waals surface area contributed by atoms with E-state index in [2.05, 4.69) is 11.1 Å². The lowest BCUT2D eigenvalue weighted by Gasteiger charge is -2.41. The number of hydrogen-bond acceptors (Lipinski definition) is 4. The van der Waals surface area contributed by atoms with Crippen LogP contribution in [0.4, 0.5) is 4.79 Å². The zero-order chi connectivity index (χ0) is 15.0. The Bertz CT molecular complexity index is 659. The summed E-state index contributed by atoms with van der Waals surface area (Å²) in [6.07, 6.45) is 4.73. The van der Waals surface area contributed by atoms with Gasteiger partial charge in [0, 0.05) is 24.5 Å². The average Bonchev–Trinajstić information content (AvgIpc) is 2.79. The quantitative estimate of drug-likeness (QED) is 0.849. The van der Waals surface area contributed by atoms with E-state index in [4.69, 9.17) is 5.26 Å². The molecule has 3 rings (SSSR count). The molecule has 6 nitrogen and oxygen atoms in total. The number of aromatic nitrogens is 1. The van der Waals surface area contributed by atoms with Crippen molar-refractivity contribution in [3.05, 3.63) is 29.6 Å². The Morgan fingerprint density at radius 1 is 1.33 bits per heavy atom. The summed E-state index contributed by atoms with van der Waals surface area (Å²) in [5, 5.41) is 28.0. The molecule has 21 heavy (non-hydrogen) atoms. The lowest BCUT2D eigenvalue weighted by molar-refractivity contribution is 0.0856. The van der Waals surface area contributed by atoms with E-state index in [1.54, 1.807) is 12.3 Å². The van der Waals surface area contributed by atoms with Crippen molar-refractivity contribution in [3.63, 3.8) is 0 Å². The van der Waals surface area contributed by atoms with Gasteiger partial charge in [-0.15, -0.1) is 0 Å². The minimum absolute atomic E-state index is 0.119. The van der Waals surface area contributed by atoms with Crippen molar-refractivity contribution in [2.45, 2.75) is 43.2 Å². The van der Waals surface area contributed by atoms with Gasteiger partial charge >= 0.3 is 6.09 Å². The molecular formula is C15H14N4O2. The molecule has 1 amide bonds. The Balaban J connectivity index is 1.99. The summed E-state index contributed by atoms with van der Waals surface area (Å²) in [5.41, 5.74) is 0.415. The number of amides is 1. The SMILES string of the molecule is N#Cc1cncc(C2(C#N)CC3CCC(C2)N3C(=O)O)c1. The highest BCUT2D eigenvalue weighted by Gasteiger charge is 2.51. The Hall–Kier alpha value is -2.60. The van der Waals surface area contributed by atoms with Crippen LogP contribution in [0.25, 0.3) is 0 Å². The van der Waals surface area contributed by atoms with Crippen LogP contribution < -0.4 is 0 Å². The maximum Gasteiger partial charge on any atom is 0.407 e. The van der Waals surface area contributed by atoms with Crippen LogP contribution in [0.2, 0.25) is 0 Å². The van der Waals surface area contributed by atoms with Gasteiger partial charge in [-0.25, -0.2) is 4.79 Å². The van der Waals surface area contributed by atoms with Crippen LogP contribution in [0, 0.1) is 22.7 Å². The van der Waals surface area contributed by atoms with E-state index in [1.807, 2.05) is 6.07 Å². The maximum absolute atomic E-state index is 11.3. The van der Waals surface area contributed by atoms with Gasteiger partial charge in [0.05, 0.1) is 17.0 Å². The third kappa shape index (κ3) is 2.00. The maximum atomic E-state index is 11.3. The molecule has 1 aromatic heterocycles. The average molecular weight is 282 g/mol. The van der Waals surface area contributed by atoms with Crippen molar-refractivity contribution in [2.75, 3.05) is 0 Å². The number of nitrogens with zero attached hydrogens (tertiary/aromatic N) is 4. The second kappa shape index (κ2) is 4.75. The van der Waals surface area contributed by atoms with Crippen LogP contribution >= 0.6 is 0 Å². The molecule has 1 aromatic rings. The van der Waals surface area contributed by atoms with Gasteiger partial charge in [-0.05, 0) is 37.3 Å². The number of fused-ring (bicyclic) bond motifs is 2. The van der Waals surface area contributed by atoms with E-state index in [1.165, 1.54) is 11.1 Å². The fourth-order valence-corrected chi connectivity index (χ4v) is 3.72. The first-order valence-corrected chi connectivity index (χ1v) is 6.88. The molecule has 2 aliphatic rings. The summed E-state index contributed by atoms with van der Waals surface area (Å²) in [6, 6.07) is 5.88. The van der Waals surface area contributed by atoms with Crippen molar-refractivity contribution in [1.82, 2.24) is 9.88 Å². The van der Waals surface area contributed by atoms with Crippen molar-refractivity contribution < 1.29 is 9.90 Å². The number of piperidine rings is 1. The molecule has 2 unspecified atom stereocenters. The lowest BCUT2D eigenvalue weighted by Crippen LogP contribution is -2.51. The molecule has 6 heteroatoms. The largest absolute Gasteiger partial charge is 0.465 e. The van der Waals surface area contributed by atoms with Gasteiger partial charge in [0.25, 0.3) is 0 Å². The van der Waals surface area contributed by atoms with Crippen molar-refractivity contribution in [1.29, 1.82) is 10.5 Å². The topological polar surface area (TPSA) is 101 Å². The molecule has 0 spiro atoms. The lowest BCUT2D eigenvalue weighted by atomic mass is 9.71. The summed E-state index contributed by atoms with van der Waals surface area (Å²) in [4.78, 5) is 16.9. The van der Waals surface area contributed by atoms with E-state index >= 15 is 0 Å². The van der Waals surface area contributed by atoms with Gasteiger partial charge in [0.15, 0.2) is 0 Å². The molecule has 2 fully saturated rings. The molecule has 0 aromatic carbocycles. The molecular weight excluding hydrogens is 268 g/mol. The summed E-state index contributed by atoms with van der Waals surface area (Å²) >= 11 is 0. The molecule has 2 saturated heterocycles. The molecule has 2 bridgehead atoms. The van der Waals surface area contributed by atoms with Crippen LogP contribution in [-0.2, 0) is 5.41 Å². The minimum Gasteiger partial charge on any atom is -0.465 e.